The van der Waals surface area contributed by atoms with Crippen LogP contribution in [-0.2, 0) is 6.18 Å². The van der Waals surface area contributed by atoms with Crippen LogP contribution < -0.4 is 5.48 Å². The Morgan fingerprint density at radius 3 is 2.31 bits per heavy atom. The number of alkyl halides is 3. The van der Waals surface area contributed by atoms with E-state index in [2.05, 4.69) is 0 Å². The van der Waals surface area contributed by atoms with Crippen LogP contribution in [0.3, 0.4) is 0 Å². The summed E-state index contributed by atoms with van der Waals surface area (Å²) in [5.74, 6) is 0. The van der Waals surface area contributed by atoms with E-state index in [1.807, 2.05) is 0 Å². The van der Waals surface area contributed by atoms with E-state index in [4.69, 9.17) is 5.21 Å². The van der Waals surface area contributed by atoms with Crippen LogP contribution in [0, 0.1) is 6.92 Å². The normalized spacial score (nSPS) is 11.5. The summed E-state index contributed by atoms with van der Waals surface area (Å²) in [6.45, 7) is 1.48. The van der Waals surface area contributed by atoms with Crippen LogP contribution in [0.2, 0.25) is 0 Å². The van der Waals surface area contributed by atoms with E-state index >= 15 is 0 Å². The monoisotopic (exact) mass is 191 g/mol. The lowest BCUT2D eigenvalue weighted by Gasteiger charge is -2.09. The molecular weight excluding hydrogens is 183 g/mol. The SMILES string of the molecule is Cc1cc(C(F)(F)F)ccc1NO. The molecule has 0 saturated heterocycles. The van der Waals surface area contributed by atoms with Gasteiger partial charge in [-0.25, -0.2) is 0 Å². The van der Waals surface area contributed by atoms with E-state index in [-0.39, 0.29) is 5.69 Å². The Bertz CT molecular complexity index is 309. The van der Waals surface area contributed by atoms with Crippen LogP contribution in [0.15, 0.2) is 18.2 Å². The summed E-state index contributed by atoms with van der Waals surface area (Å²) < 4.78 is 36.4. The first-order chi connectivity index (χ1) is 5.95. The standard InChI is InChI=1S/C8H8F3NO/c1-5-4-6(8(9,10)11)2-3-7(5)12-13/h2-4,12-13H,1H3. The highest BCUT2D eigenvalue weighted by Crippen LogP contribution is 2.31. The van der Waals surface area contributed by atoms with Crippen molar-refractivity contribution in [2.75, 3.05) is 5.48 Å². The van der Waals surface area contributed by atoms with Crippen LogP contribution >= 0.6 is 0 Å². The van der Waals surface area contributed by atoms with E-state index in [0.29, 0.717) is 5.56 Å². The van der Waals surface area contributed by atoms with Crippen LogP contribution in [0.25, 0.3) is 0 Å². The maximum absolute atomic E-state index is 12.1. The fraction of sp³-hybridized carbons (Fsp3) is 0.250. The molecule has 0 bridgehead atoms. The van der Waals surface area contributed by atoms with Gasteiger partial charge >= 0.3 is 6.18 Å². The van der Waals surface area contributed by atoms with Gasteiger partial charge in [0.15, 0.2) is 0 Å². The quantitative estimate of drug-likeness (QED) is 0.669. The van der Waals surface area contributed by atoms with Crippen LogP contribution in [0.5, 0.6) is 0 Å². The first-order valence-corrected chi connectivity index (χ1v) is 3.53. The minimum Gasteiger partial charge on any atom is -0.291 e. The fourth-order valence-electron chi connectivity index (χ4n) is 0.965. The third-order valence-corrected chi connectivity index (χ3v) is 1.67. The summed E-state index contributed by atoms with van der Waals surface area (Å²) in [5.41, 5.74) is 1.70. The molecule has 0 aliphatic heterocycles. The number of hydrogen-bond acceptors (Lipinski definition) is 2. The molecule has 0 aromatic heterocycles. The number of halogens is 3. The summed E-state index contributed by atoms with van der Waals surface area (Å²) in [5, 5.41) is 8.48. The van der Waals surface area contributed by atoms with Crippen molar-refractivity contribution in [2.45, 2.75) is 13.1 Å². The maximum Gasteiger partial charge on any atom is 0.416 e. The van der Waals surface area contributed by atoms with Crippen molar-refractivity contribution >= 4 is 5.69 Å². The molecule has 0 fully saturated rings. The predicted octanol–water partition coefficient (Wildman–Crippen LogP) is 2.81. The van der Waals surface area contributed by atoms with Crippen molar-refractivity contribution < 1.29 is 18.4 Å². The Balaban J connectivity index is 3.10. The molecule has 0 spiro atoms. The van der Waals surface area contributed by atoms with Crippen molar-refractivity contribution in [3.8, 4) is 0 Å². The molecule has 5 heteroatoms. The number of rotatable bonds is 1. The Hall–Kier alpha value is -1.23. The topological polar surface area (TPSA) is 32.3 Å². The van der Waals surface area contributed by atoms with E-state index in [9.17, 15) is 13.2 Å². The summed E-state index contributed by atoms with van der Waals surface area (Å²) in [6, 6.07) is 3.06. The summed E-state index contributed by atoms with van der Waals surface area (Å²) in [4.78, 5) is 0. The molecule has 1 rings (SSSR count). The average Bonchev–Trinajstić information content (AvgIpc) is 2.02. The molecule has 0 saturated carbocycles. The zero-order chi connectivity index (χ0) is 10.1. The van der Waals surface area contributed by atoms with E-state index in [1.54, 1.807) is 5.48 Å². The Morgan fingerprint density at radius 1 is 1.31 bits per heavy atom. The summed E-state index contributed by atoms with van der Waals surface area (Å²) >= 11 is 0. The molecule has 0 aliphatic rings. The van der Waals surface area contributed by atoms with Gasteiger partial charge in [-0.2, -0.15) is 13.2 Å². The number of benzene rings is 1. The highest BCUT2D eigenvalue weighted by atomic mass is 19.4. The largest absolute Gasteiger partial charge is 0.416 e. The number of hydrogen-bond donors (Lipinski definition) is 2. The molecule has 0 heterocycles. The van der Waals surface area contributed by atoms with E-state index in [1.165, 1.54) is 13.0 Å². The van der Waals surface area contributed by atoms with Gasteiger partial charge in [-0.15, -0.1) is 0 Å². The highest BCUT2D eigenvalue weighted by Gasteiger charge is 2.30. The van der Waals surface area contributed by atoms with Gasteiger partial charge in [0.05, 0.1) is 11.3 Å². The Morgan fingerprint density at radius 2 is 1.92 bits per heavy atom. The Kier molecular flexibility index (Phi) is 2.47. The molecule has 2 nitrogen and oxygen atoms in total. The zero-order valence-corrected chi connectivity index (χ0v) is 6.81. The second kappa shape index (κ2) is 3.26. The maximum atomic E-state index is 12.1. The molecule has 13 heavy (non-hydrogen) atoms. The van der Waals surface area contributed by atoms with Gasteiger partial charge in [0.1, 0.15) is 0 Å². The minimum atomic E-state index is -4.33. The molecule has 0 aliphatic carbocycles. The lowest BCUT2D eigenvalue weighted by Crippen LogP contribution is -2.05. The third kappa shape index (κ3) is 2.12. The van der Waals surface area contributed by atoms with Crippen LogP contribution in [-0.4, -0.2) is 5.21 Å². The van der Waals surface area contributed by atoms with Crippen LogP contribution in [0.4, 0.5) is 18.9 Å². The van der Waals surface area contributed by atoms with Gasteiger partial charge in [0.2, 0.25) is 0 Å². The second-order valence-electron chi connectivity index (χ2n) is 2.64. The molecule has 0 atom stereocenters. The lowest BCUT2D eigenvalue weighted by molar-refractivity contribution is -0.137. The minimum absolute atomic E-state index is 0.271. The van der Waals surface area contributed by atoms with Gasteiger partial charge in [0, 0.05) is 0 Å². The third-order valence-electron chi connectivity index (χ3n) is 1.67. The highest BCUT2D eigenvalue weighted by molar-refractivity contribution is 5.50. The van der Waals surface area contributed by atoms with Crippen molar-refractivity contribution in [2.24, 2.45) is 0 Å². The molecule has 72 valence electrons. The van der Waals surface area contributed by atoms with Crippen molar-refractivity contribution in [1.29, 1.82) is 0 Å². The molecular formula is C8H8F3NO. The van der Waals surface area contributed by atoms with Gasteiger partial charge in [0.25, 0.3) is 0 Å². The summed E-state index contributed by atoms with van der Waals surface area (Å²) in [6.07, 6.45) is -4.33. The predicted molar refractivity (Wildman–Crippen MR) is 41.6 cm³/mol. The number of anilines is 1. The zero-order valence-electron chi connectivity index (χ0n) is 6.81. The molecule has 1 aromatic rings. The number of aryl methyl sites for hydroxylation is 1. The second-order valence-corrected chi connectivity index (χ2v) is 2.64. The summed E-state index contributed by atoms with van der Waals surface area (Å²) in [7, 11) is 0. The molecule has 1 aromatic carbocycles. The van der Waals surface area contributed by atoms with Gasteiger partial charge in [-0.05, 0) is 30.7 Å². The first kappa shape index (κ1) is 9.85. The molecule has 0 radical (unpaired) electrons. The van der Waals surface area contributed by atoms with Crippen LogP contribution in [0.1, 0.15) is 11.1 Å². The number of nitrogens with one attached hydrogen (secondary N) is 1. The molecule has 0 unspecified atom stereocenters. The smallest absolute Gasteiger partial charge is 0.291 e. The van der Waals surface area contributed by atoms with Crippen molar-refractivity contribution in [3.63, 3.8) is 0 Å². The molecule has 0 amide bonds. The lowest BCUT2D eigenvalue weighted by atomic mass is 10.1. The van der Waals surface area contributed by atoms with E-state index < -0.39 is 11.7 Å². The van der Waals surface area contributed by atoms with Crippen molar-refractivity contribution in [3.05, 3.63) is 29.3 Å². The van der Waals surface area contributed by atoms with Gasteiger partial charge < -0.3 is 0 Å². The fourth-order valence-corrected chi connectivity index (χ4v) is 0.965. The van der Waals surface area contributed by atoms with Crippen molar-refractivity contribution in [1.82, 2.24) is 0 Å². The van der Waals surface area contributed by atoms with Gasteiger partial charge in [-0.3, -0.25) is 10.7 Å². The first-order valence-electron chi connectivity index (χ1n) is 3.53. The van der Waals surface area contributed by atoms with E-state index in [0.717, 1.165) is 12.1 Å². The Labute approximate surface area is 73.0 Å². The average molecular weight is 191 g/mol. The van der Waals surface area contributed by atoms with Gasteiger partial charge in [-0.1, -0.05) is 0 Å². The molecule has 2 N–H and O–H groups in total.